The summed E-state index contributed by atoms with van der Waals surface area (Å²) in [6.07, 6.45) is 2.42. The molecule has 0 saturated heterocycles. The molecule has 1 amide bonds. The van der Waals surface area contributed by atoms with Crippen molar-refractivity contribution in [2.75, 3.05) is 6.61 Å². The maximum Gasteiger partial charge on any atom is 0.255 e. The first-order valence-corrected chi connectivity index (χ1v) is 7.81. The normalized spacial score (nSPS) is 12.9. The molecule has 0 aliphatic carbocycles. The number of nitrogens with zero attached hydrogens (tertiary/aromatic N) is 2. The molecule has 0 spiro atoms. The Labute approximate surface area is 137 Å². The SMILES string of the molecule is Cn1cc(C(=O)NC(CO)CC(C)(C)C)c(-c2ccccc2)n1. The van der Waals surface area contributed by atoms with E-state index in [2.05, 4.69) is 31.2 Å². The fourth-order valence-electron chi connectivity index (χ4n) is 2.63. The zero-order valence-corrected chi connectivity index (χ0v) is 14.2. The summed E-state index contributed by atoms with van der Waals surface area (Å²) in [5.41, 5.74) is 2.09. The van der Waals surface area contributed by atoms with E-state index in [1.807, 2.05) is 30.3 Å². The lowest BCUT2D eigenvalue weighted by atomic mass is 9.88. The molecule has 1 atom stereocenters. The minimum Gasteiger partial charge on any atom is -0.394 e. The van der Waals surface area contributed by atoms with Gasteiger partial charge in [-0.25, -0.2) is 0 Å². The topological polar surface area (TPSA) is 67.2 Å². The molecule has 2 aromatic rings. The fraction of sp³-hybridized carbons (Fsp3) is 0.444. The van der Waals surface area contributed by atoms with Gasteiger partial charge in [-0.15, -0.1) is 0 Å². The van der Waals surface area contributed by atoms with E-state index in [1.54, 1.807) is 17.9 Å². The Bertz CT molecular complexity index is 657. The highest BCUT2D eigenvalue weighted by Crippen LogP contribution is 2.23. The number of nitrogens with one attached hydrogen (secondary N) is 1. The van der Waals surface area contributed by atoms with Crippen LogP contribution in [-0.4, -0.2) is 33.4 Å². The lowest BCUT2D eigenvalue weighted by Gasteiger charge is -2.25. The molecule has 1 aromatic heterocycles. The Kier molecular flexibility index (Phi) is 5.21. The van der Waals surface area contributed by atoms with Crippen LogP contribution >= 0.6 is 0 Å². The third-order valence-corrected chi connectivity index (χ3v) is 3.54. The average Bonchev–Trinajstić information content (AvgIpc) is 2.88. The molecule has 0 aliphatic heterocycles. The summed E-state index contributed by atoms with van der Waals surface area (Å²) >= 11 is 0. The summed E-state index contributed by atoms with van der Waals surface area (Å²) < 4.78 is 1.63. The maximum atomic E-state index is 12.6. The second-order valence-corrected chi connectivity index (χ2v) is 7.05. The van der Waals surface area contributed by atoms with Crippen molar-refractivity contribution in [2.24, 2.45) is 12.5 Å². The standard InChI is InChI=1S/C18H25N3O2/c1-18(2,3)10-14(12-22)19-17(23)15-11-21(4)20-16(15)13-8-6-5-7-9-13/h5-9,11,14,22H,10,12H2,1-4H3,(H,19,23). The zero-order valence-electron chi connectivity index (χ0n) is 14.2. The molecule has 0 saturated carbocycles. The Morgan fingerprint density at radius 3 is 2.52 bits per heavy atom. The van der Waals surface area contributed by atoms with Gasteiger partial charge >= 0.3 is 0 Å². The van der Waals surface area contributed by atoms with E-state index < -0.39 is 0 Å². The fourth-order valence-corrected chi connectivity index (χ4v) is 2.63. The minimum atomic E-state index is -0.272. The van der Waals surface area contributed by atoms with E-state index in [-0.39, 0.29) is 24.0 Å². The second kappa shape index (κ2) is 6.96. The van der Waals surface area contributed by atoms with Gasteiger partial charge in [0, 0.05) is 18.8 Å². The number of aromatic nitrogens is 2. The highest BCUT2D eigenvalue weighted by molar-refractivity contribution is 5.99. The average molecular weight is 315 g/mol. The first-order valence-electron chi connectivity index (χ1n) is 7.81. The van der Waals surface area contributed by atoms with E-state index in [0.29, 0.717) is 17.7 Å². The zero-order chi connectivity index (χ0) is 17.0. The number of amides is 1. The highest BCUT2D eigenvalue weighted by atomic mass is 16.3. The molecule has 23 heavy (non-hydrogen) atoms. The number of carbonyl (C=O) groups is 1. The first kappa shape index (κ1) is 17.2. The Balaban J connectivity index is 2.23. The van der Waals surface area contributed by atoms with Crippen molar-refractivity contribution in [3.8, 4) is 11.3 Å². The molecule has 124 valence electrons. The van der Waals surface area contributed by atoms with Gasteiger partial charge in [0.25, 0.3) is 5.91 Å². The van der Waals surface area contributed by atoms with Crippen molar-refractivity contribution in [3.05, 3.63) is 42.1 Å². The van der Waals surface area contributed by atoms with Crippen molar-refractivity contribution in [2.45, 2.75) is 33.2 Å². The summed E-state index contributed by atoms with van der Waals surface area (Å²) in [6.45, 7) is 6.17. The Hall–Kier alpha value is -2.14. The molecule has 2 N–H and O–H groups in total. The molecule has 0 aliphatic rings. The van der Waals surface area contributed by atoms with Gasteiger partial charge in [0.1, 0.15) is 5.69 Å². The van der Waals surface area contributed by atoms with Crippen LogP contribution in [0.15, 0.2) is 36.5 Å². The molecule has 1 aromatic carbocycles. The third kappa shape index (κ3) is 4.66. The number of hydrogen-bond acceptors (Lipinski definition) is 3. The van der Waals surface area contributed by atoms with Crippen molar-refractivity contribution in [1.29, 1.82) is 0 Å². The Morgan fingerprint density at radius 2 is 1.96 bits per heavy atom. The quantitative estimate of drug-likeness (QED) is 0.891. The van der Waals surface area contributed by atoms with Crippen LogP contribution in [0.2, 0.25) is 0 Å². The van der Waals surface area contributed by atoms with Crippen LogP contribution in [-0.2, 0) is 7.05 Å². The van der Waals surface area contributed by atoms with Crippen molar-refractivity contribution >= 4 is 5.91 Å². The smallest absolute Gasteiger partial charge is 0.255 e. The van der Waals surface area contributed by atoms with Gasteiger partial charge < -0.3 is 10.4 Å². The molecule has 0 fully saturated rings. The predicted molar refractivity (Wildman–Crippen MR) is 91.1 cm³/mol. The maximum absolute atomic E-state index is 12.6. The summed E-state index contributed by atoms with van der Waals surface area (Å²) in [6, 6.07) is 9.35. The van der Waals surface area contributed by atoms with Crippen LogP contribution in [0.5, 0.6) is 0 Å². The number of benzene rings is 1. The van der Waals surface area contributed by atoms with Crippen LogP contribution in [0.3, 0.4) is 0 Å². The summed E-state index contributed by atoms with van der Waals surface area (Å²) in [7, 11) is 1.79. The molecule has 0 bridgehead atoms. The van der Waals surface area contributed by atoms with Crippen molar-refractivity contribution in [1.82, 2.24) is 15.1 Å². The second-order valence-electron chi connectivity index (χ2n) is 7.05. The van der Waals surface area contributed by atoms with E-state index in [9.17, 15) is 9.90 Å². The largest absolute Gasteiger partial charge is 0.394 e. The monoisotopic (exact) mass is 315 g/mol. The van der Waals surface area contributed by atoms with Gasteiger partial charge in [0.15, 0.2) is 0 Å². The summed E-state index contributed by atoms with van der Waals surface area (Å²) in [5.74, 6) is -0.208. The van der Waals surface area contributed by atoms with Crippen LogP contribution in [0.1, 0.15) is 37.6 Å². The van der Waals surface area contributed by atoms with Gasteiger partial charge in [-0.2, -0.15) is 5.10 Å². The van der Waals surface area contributed by atoms with Crippen LogP contribution in [0.25, 0.3) is 11.3 Å². The number of carbonyl (C=O) groups excluding carboxylic acids is 1. The molecule has 1 heterocycles. The minimum absolute atomic E-state index is 0.0257. The molecular weight excluding hydrogens is 290 g/mol. The number of aliphatic hydroxyl groups is 1. The predicted octanol–water partition coefficient (Wildman–Crippen LogP) is 2.61. The molecular formula is C18H25N3O2. The van der Waals surface area contributed by atoms with Gasteiger partial charge in [-0.3, -0.25) is 9.48 Å². The van der Waals surface area contributed by atoms with Crippen LogP contribution in [0, 0.1) is 5.41 Å². The van der Waals surface area contributed by atoms with Crippen LogP contribution in [0.4, 0.5) is 0 Å². The number of aryl methyl sites for hydroxylation is 1. The van der Waals surface area contributed by atoms with E-state index in [1.165, 1.54) is 0 Å². The highest BCUT2D eigenvalue weighted by Gasteiger charge is 2.23. The van der Waals surface area contributed by atoms with Crippen LogP contribution < -0.4 is 5.32 Å². The molecule has 0 radical (unpaired) electrons. The molecule has 5 heteroatoms. The summed E-state index contributed by atoms with van der Waals surface area (Å²) in [5, 5.41) is 16.9. The molecule has 1 unspecified atom stereocenters. The van der Waals surface area contributed by atoms with Crippen molar-refractivity contribution < 1.29 is 9.90 Å². The Morgan fingerprint density at radius 1 is 1.30 bits per heavy atom. The van der Waals surface area contributed by atoms with Gasteiger partial charge in [0.05, 0.1) is 18.2 Å². The van der Waals surface area contributed by atoms with Gasteiger partial charge in [0.2, 0.25) is 0 Å². The lowest BCUT2D eigenvalue weighted by Crippen LogP contribution is -2.40. The summed E-state index contributed by atoms with van der Waals surface area (Å²) in [4.78, 5) is 12.6. The van der Waals surface area contributed by atoms with E-state index in [4.69, 9.17) is 0 Å². The van der Waals surface area contributed by atoms with E-state index in [0.717, 1.165) is 5.56 Å². The van der Waals surface area contributed by atoms with E-state index >= 15 is 0 Å². The van der Waals surface area contributed by atoms with Gasteiger partial charge in [-0.05, 0) is 11.8 Å². The number of hydrogen-bond donors (Lipinski definition) is 2. The lowest BCUT2D eigenvalue weighted by molar-refractivity contribution is 0.0898. The number of rotatable bonds is 5. The molecule has 5 nitrogen and oxygen atoms in total. The molecule has 2 rings (SSSR count). The van der Waals surface area contributed by atoms with Gasteiger partial charge in [-0.1, -0.05) is 51.1 Å². The van der Waals surface area contributed by atoms with Crippen molar-refractivity contribution in [3.63, 3.8) is 0 Å². The first-order chi connectivity index (χ1) is 10.8. The number of aliphatic hydroxyl groups excluding tert-OH is 1. The third-order valence-electron chi connectivity index (χ3n) is 3.54.